The van der Waals surface area contributed by atoms with E-state index in [0.29, 0.717) is 12.1 Å². The number of aliphatic hydroxyl groups excluding tert-OH is 1. The average molecular weight is 291 g/mol. The highest BCUT2D eigenvalue weighted by Crippen LogP contribution is 2.17. The SMILES string of the molecule is CC(CNCC(O)c1ccccc1F)c1ccc(F)cc1. The van der Waals surface area contributed by atoms with Crippen LogP contribution < -0.4 is 5.32 Å². The highest BCUT2D eigenvalue weighted by Gasteiger charge is 2.12. The van der Waals surface area contributed by atoms with Crippen LogP contribution >= 0.6 is 0 Å². The van der Waals surface area contributed by atoms with Crippen LogP contribution in [0.3, 0.4) is 0 Å². The van der Waals surface area contributed by atoms with E-state index in [1.807, 2.05) is 6.92 Å². The second-order valence-electron chi connectivity index (χ2n) is 5.15. The molecular weight excluding hydrogens is 272 g/mol. The van der Waals surface area contributed by atoms with Crippen LogP contribution in [-0.2, 0) is 0 Å². The van der Waals surface area contributed by atoms with Crippen LogP contribution in [0.4, 0.5) is 8.78 Å². The highest BCUT2D eigenvalue weighted by molar-refractivity contribution is 5.21. The van der Waals surface area contributed by atoms with Crippen molar-refractivity contribution in [1.82, 2.24) is 5.32 Å². The molecule has 21 heavy (non-hydrogen) atoms. The molecule has 2 rings (SSSR count). The van der Waals surface area contributed by atoms with Gasteiger partial charge in [-0.25, -0.2) is 8.78 Å². The molecule has 112 valence electrons. The number of aliphatic hydroxyl groups is 1. The Morgan fingerprint density at radius 3 is 2.33 bits per heavy atom. The first-order valence-electron chi connectivity index (χ1n) is 6.96. The maximum Gasteiger partial charge on any atom is 0.129 e. The summed E-state index contributed by atoms with van der Waals surface area (Å²) in [5.41, 5.74) is 1.31. The topological polar surface area (TPSA) is 32.3 Å². The number of nitrogens with one attached hydrogen (secondary N) is 1. The van der Waals surface area contributed by atoms with Crippen LogP contribution in [0.5, 0.6) is 0 Å². The van der Waals surface area contributed by atoms with Crippen molar-refractivity contribution < 1.29 is 13.9 Å². The van der Waals surface area contributed by atoms with Crippen LogP contribution in [0.25, 0.3) is 0 Å². The second-order valence-corrected chi connectivity index (χ2v) is 5.15. The van der Waals surface area contributed by atoms with E-state index < -0.39 is 11.9 Å². The molecule has 0 spiro atoms. The fourth-order valence-corrected chi connectivity index (χ4v) is 2.20. The molecule has 4 heteroatoms. The van der Waals surface area contributed by atoms with Crippen molar-refractivity contribution in [3.05, 3.63) is 71.3 Å². The lowest BCUT2D eigenvalue weighted by molar-refractivity contribution is 0.169. The zero-order valence-electron chi connectivity index (χ0n) is 11.9. The van der Waals surface area contributed by atoms with Gasteiger partial charge in [-0.3, -0.25) is 0 Å². The third-order valence-electron chi connectivity index (χ3n) is 3.49. The molecule has 0 saturated heterocycles. The van der Waals surface area contributed by atoms with Crippen LogP contribution in [-0.4, -0.2) is 18.2 Å². The van der Waals surface area contributed by atoms with Gasteiger partial charge in [0.15, 0.2) is 0 Å². The van der Waals surface area contributed by atoms with Crippen LogP contribution in [0.15, 0.2) is 48.5 Å². The Bertz CT molecular complexity index is 571. The minimum Gasteiger partial charge on any atom is -0.387 e. The molecule has 0 fully saturated rings. The normalized spacial score (nSPS) is 13.9. The third kappa shape index (κ3) is 4.34. The Labute approximate surface area is 123 Å². The molecule has 0 bridgehead atoms. The van der Waals surface area contributed by atoms with Gasteiger partial charge in [0.2, 0.25) is 0 Å². The van der Waals surface area contributed by atoms with Gasteiger partial charge in [-0.15, -0.1) is 0 Å². The number of hydrogen-bond donors (Lipinski definition) is 2. The fraction of sp³-hybridized carbons (Fsp3) is 0.294. The summed E-state index contributed by atoms with van der Waals surface area (Å²) in [4.78, 5) is 0. The largest absolute Gasteiger partial charge is 0.387 e. The second kappa shape index (κ2) is 7.29. The summed E-state index contributed by atoms with van der Waals surface area (Å²) in [7, 11) is 0. The van der Waals surface area contributed by atoms with Crippen LogP contribution in [0, 0.1) is 11.6 Å². The quantitative estimate of drug-likeness (QED) is 0.855. The summed E-state index contributed by atoms with van der Waals surface area (Å²) in [6, 6.07) is 12.5. The maximum absolute atomic E-state index is 13.5. The van der Waals surface area contributed by atoms with Gasteiger partial charge in [-0.2, -0.15) is 0 Å². The Morgan fingerprint density at radius 2 is 1.67 bits per heavy atom. The summed E-state index contributed by atoms with van der Waals surface area (Å²) >= 11 is 0. The minimum absolute atomic E-state index is 0.179. The van der Waals surface area contributed by atoms with Gasteiger partial charge in [0, 0.05) is 18.7 Å². The summed E-state index contributed by atoms with van der Waals surface area (Å²) in [5.74, 6) is -0.481. The van der Waals surface area contributed by atoms with Crippen molar-refractivity contribution in [3.8, 4) is 0 Å². The first-order valence-corrected chi connectivity index (χ1v) is 6.96. The fourth-order valence-electron chi connectivity index (χ4n) is 2.20. The van der Waals surface area contributed by atoms with Crippen molar-refractivity contribution >= 4 is 0 Å². The molecule has 0 aliphatic heterocycles. The first-order chi connectivity index (χ1) is 10.1. The molecule has 0 heterocycles. The Morgan fingerprint density at radius 1 is 1.00 bits per heavy atom. The molecule has 0 aliphatic rings. The Balaban J connectivity index is 1.84. The van der Waals surface area contributed by atoms with Crippen molar-refractivity contribution in [2.75, 3.05) is 13.1 Å². The van der Waals surface area contributed by atoms with Crippen molar-refractivity contribution in [1.29, 1.82) is 0 Å². The smallest absolute Gasteiger partial charge is 0.129 e. The zero-order chi connectivity index (χ0) is 15.2. The molecule has 2 unspecified atom stereocenters. The molecule has 0 saturated carbocycles. The molecule has 2 aromatic carbocycles. The number of hydrogen-bond acceptors (Lipinski definition) is 2. The Hall–Kier alpha value is -1.78. The van der Waals surface area contributed by atoms with E-state index in [0.717, 1.165) is 5.56 Å². The molecular formula is C17H19F2NO. The number of benzene rings is 2. The monoisotopic (exact) mass is 291 g/mol. The summed E-state index contributed by atoms with van der Waals surface area (Å²) < 4.78 is 26.4. The van der Waals surface area contributed by atoms with Gasteiger partial charge in [0.05, 0.1) is 6.10 Å². The molecule has 2 N–H and O–H groups in total. The van der Waals surface area contributed by atoms with E-state index in [2.05, 4.69) is 5.32 Å². The molecule has 0 aliphatic carbocycles. The van der Waals surface area contributed by atoms with E-state index in [1.54, 1.807) is 30.3 Å². The van der Waals surface area contributed by atoms with E-state index in [4.69, 9.17) is 0 Å². The summed E-state index contributed by atoms with van der Waals surface area (Å²) in [5, 5.41) is 13.1. The maximum atomic E-state index is 13.5. The zero-order valence-corrected chi connectivity index (χ0v) is 11.9. The van der Waals surface area contributed by atoms with Gasteiger partial charge in [-0.1, -0.05) is 37.3 Å². The van der Waals surface area contributed by atoms with E-state index >= 15 is 0 Å². The lowest BCUT2D eigenvalue weighted by Gasteiger charge is -2.16. The molecule has 2 atom stereocenters. The van der Waals surface area contributed by atoms with Crippen molar-refractivity contribution in [2.45, 2.75) is 18.9 Å². The van der Waals surface area contributed by atoms with Crippen molar-refractivity contribution in [2.24, 2.45) is 0 Å². The van der Waals surface area contributed by atoms with Gasteiger partial charge in [0.25, 0.3) is 0 Å². The van der Waals surface area contributed by atoms with Gasteiger partial charge >= 0.3 is 0 Å². The Kier molecular flexibility index (Phi) is 5.42. The van der Waals surface area contributed by atoms with E-state index in [1.165, 1.54) is 18.2 Å². The van der Waals surface area contributed by atoms with Crippen LogP contribution in [0.2, 0.25) is 0 Å². The van der Waals surface area contributed by atoms with Crippen LogP contribution in [0.1, 0.15) is 30.1 Å². The van der Waals surface area contributed by atoms with E-state index in [-0.39, 0.29) is 18.3 Å². The average Bonchev–Trinajstić information content (AvgIpc) is 2.48. The van der Waals surface area contributed by atoms with Gasteiger partial charge < -0.3 is 10.4 Å². The summed E-state index contributed by atoms with van der Waals surface area (Å²) in [6.07, 6.45) is -0.883. The lowest BCUT2D eigenvalue weighted by Crippen LogP contribution is -2.26. The minimum atomic E-state index is -0.883. The van der Waals surface area contributed by atoms with Gasteiger partial charge in [0.1, 0.15) is 11.6 Å². The molecule has 2 nitrogen and oxygen atoms in total. The summed E-state index contributed by atoms with van der Waals surface area (Å²) in [6.45, 7) is 2.90. The molecule has 0 radical (unpaired) electrons. The third-order valence-corrected chi connectivity index (χ3v) is 3.49. The first kappa shape index (κ1) is 15.6. The predicted molar refractivity (Wildman–Crippen MR) is 79.0 cm³/mol. The number of halogens is 2. The predicted octanol–water partition coefficient (Wildman–Crippen LogP) is 3.39. The van der Waals surface area contributed by atoms with E-state index in [9.17, 15) is 13.9 Å². The molecule has 2 aromatic rings. The lowest BCUT2D eigenvalue weighted by atomic mass is 10.0. The number of rotatable bonds is 6. The van der Waals surface area contributed by atoms with Gasteiger partial charge in [-0.05, 0) is 29.7 Å². The standard InChI is InChI=1S/C17H19F2NO/c1-12(13-6-8-14(18)9-7-13)10-20-11-17(21)15-4-2-3-5-16(15)19/h2-9,12,17,20-21H,10-11H2,1H3. The molecule has 0 aromatic heterocycles. The molecule has 0 amide bonds. The van der Waals surface area contributed by atoms with Crippen molar-refractivity contribution in [3.63, 3.8) is 0 Å². The highest BCUT2D eigenvalue weighted by atomic mass is 19.1.